The maximum Gasteiger partial charge on any atom is 0.273 e. The molecule has 0 aliphatic heterocycles. The van der Waals surface area contributed by atoms with Crippen LogP contribution in [0.25, 0.3) is 0 Å². The zero-order chi connectivity index (χ0) is 14.7. The van der Waals surface area contributed by atoms with Crippen molar-refractivity contribution in [2.24, 2.45) is 5.73 Å². The van der Waals surface area contributed by atoms with Crippen molar-refractivity contribution in [2.45, 2.75) is 30.6 Å². The molecule has 0 atom stereocenters. The molecule has 0 aromatic heterocycles. The lowest BCUT2D eigenvalue weighted by Crippen LogP contribution is -2.41. The van der Waals surface area contributed by atoms with Crippen LogP contribution in [0.1, 0.15) is 25.3 Å². The molecule has 0 aliphatic carbocycles. The fraction of sp³-hybridized carbons (Fsp3) is 0.500. The molecule has 0 amide bonds. The zero-order valence-electron chi connectivity index (χ0n) is 11.3. The van der Waals surface area contributed by atoms with Crippen LogP contribution in [0.2, 0.25) is 0 Å². The third-order valence-electron chi connectivity index (χ3n) is 2.65. The predicted octanol–water partition coefficient (Wildman–Crippen LogP) is 2.10. The molecule has 0 saturated carbocycles. The Morgan fingerprint density at radius 2 is 1.95 bits per heavy atom. The van der Waals surface area contributed by atoms with Gasteiger partial charge in [-0.25, -0.2) is 21.9 Å². The van der Waals surface area contributed by atoms with Gasteiger partial charge in [0.05, 0.1) is 18.0 Å². The molecule has 0 bridgehead atoms. The van der Waals surface area contributed by atoms with Crippen LogP contribution in [0.3, 0.4) is 0 Å². The van der Waals surface area contributed by atoms with Gasteiger partial charge in [0.2, 0.25) is 10.0 Å². The minimum atomic E-state index is -3.95. The second-order valence-corrected chi connectivity index (χ2v) is 6.38. The van der Waals surface area contributed by atoms with E-state index in [1.165, 1.54) is 12.1 Å². The fourth-order valence-electron chi connectivity index (χ4n) is 1.40. The first-order chi connectivity index (χ1) is 8.68. The molecule has 8 heteroatoms. The number of halogens is 3. The monoisotopic (exact) mass is 328 g/mol. The second kappa shape index (κ2) is 7.31. The Morgan fingerprint density at radius 1 is 1.35 bits per heavy atom. The van der Waals surface area contributed by atoms with E-state index in [1.807, 2.05) is 18.6 Å². The summed E-state index contributed by atoms with van der Waals surface area (Å²) in [6.45, 7) is 1.93. The first-order valence-electron chi connectivity index (χ1n) is 5.85. The molecular weight excluding hydrogens is 310 g/mol. The van der Waals surface area contributed by atoms with Gasteiger partial charge in [0.25, 0.3) is 5.92 Å². The minimum absolute atomic E-state index is 0. The van der Waals surface area contributed by atoms with Crippen LogP contribution >= 0.6 is 12.4 Å². The molecule has 0 aliphatic rings. The quantitative estimate of drug-likeness (QED) is 0.840. The van der Waals surface area contributed by atoms with Crippen molar-refractivity contribution in [3.8, 4) is 0 Å². The highest BCUT2D eigenvalue weighted by molar-refractivity contribution is 7.89. The van der Waals surface area contributed by atoms with Crippen LogP contribution in [0.15, 0.2) is 29.2 Å². The summed E-state index contributed by atoms with van der Waals surface area (Å²) in [5, 5.41) is 0. The Labute approximate surface area is 124 Å². The van der Waals surface area contributed by atoms with Gasteiger partial charge in [0, 0.05) is 0 Å². The predicted molar refractivity (Wildman–Crippen MR) is 77.0 cm³/mol. The first-order valence-corrected chi connectivity index (χ1v) is 7.34. The summed E-state index contributed by atoms with van der Waals surface area (Å²) in [5.74, 6) is -3.09. The summed E-state index contributed by atoms with van der Waals surface area (Å²) < 4.78 is 51.6. The van der Waals surface area contributed by atoms with Gasteiger partial charge in [-0.1, -0.05) is 26.0 Å². The SMILES string of the molecule is CC(C)c1cccc(S(=O)(=O)NCC(F)(F)CN)c1.Cl. The number of sulfonamides is 1. The lowest BCUT2D eigenvalue weighted by atomic mass is 10.0. The summed E-state index contributed by atoms with van der Waals surface area (Å²) in [5.41, 5.74) is 5.68. The van der Waals surface area contributed by atoms with E-state index < -0.39 is 29.0 Å². The molecule has 0 radical (unpaired) electrons. The van der Waals surface area contributed by atoms with E-state index in [4.69, 9.17) is 5.73 Å². The zero-order valence-corrected chi connectivity index (χ0v) is 12.9. The van der Waals surface area contributed by atoms with Gasteiger partial charge in [-0.3, -0.25) is 0 Å². The van der Waals surface area contributed by atoms with E-state index in [9.17, 15) is 17.2 Å². The van der Waals surface area contributed by atoms with Crippen LogP contribution in [0.4, 0.5) is 8.78 Å². The van der Waals surface area contributed by atoms with Gasteiger partial charge in [0.1, 0.15) is 0 Å². The van der Waals surface area contributed by atoms with Crippen LogP contribution in [0, 0.1) is 0 Å². The second-order valence-electron chi connectivity index (χ2n) is 4.61. The van der Waals surface area contributed by atoms with Crippen molar-refractivity contribution in [3.05, 3.63) is 29.8 Å². The Hall–Kier alpha value is -0.760. The molecule has 0 unspecified atom stereocenters. The van der Waals surface area contributed by atoms with Crippen LogP contribution in [-0.2, 0) is 10.0 Å². The van der Waals surface area contributed by atoms with Gasteiger partial charge in [-0.15, -0.1) is 12.4 Å². The van der Waals surface area contributed by atoms with Crippen LogP contribution < -0.4 is 10.5 Å². The average Bonchev–Trinajstić information content (AvgIpc) is 2.37. The minimum Gasteiger partial charge on any atom is -0.325 e. The van der Waals surface area contributed by atoms with Crippen molar-refractivity contribution in [3.63, 3.8) is 0 Å². The van der Waals surface area contributed by atoms with Crippen molar-refractivity contribution in [2.75, 3.05) is 13.1 Å². The van der Waals surface area contributed by atoms with E-state index in [0.29, 0.717) is 0 Å². The summed E-state index contributed by atoms with van der Waals surface area (Å²) in [7, 11) is -3.95. The Morgan fingerprint density at radius 3 is 2.45 bits per heavy atom. The molecule has 0 spiro atoms. The van der Waals surface area contributed by atoms with E-state index in [2.05, 4.69) is 0 Å². The van der Waals surface area contributed by atoms with E-state index >= 15 is 0 Å². The Bertz CT molecular complexity index is 536. The Kier molecular flexibility index (Phi) is 7.03. The summed E-state index contributed by atoms with van der Waals surface area (Å²) in [4.78, 5) is -0.0217. The number of hydrogen-bond acceptors (Lipinski definition) is 3. The summed E-state index contributed by atoms with van der Waals surface area (Å²) in [6.07, 6.45) is 0. The summed E-state index contributed by atoms with van der Waals surface area (Å²) in [6, 6.07) is 6.23. The average molecular weight is 329 g/mol. The molecular formula is C12H19ClF2N2O2S. The summed E-state index contributed by atoms with van der Waals surface area (Å²) >= 11 is 0. The number of rotatable bonds is 6. The number of nitrogens with one attached hydrogen (secondary N) is 1. The molecule has 116 valence electrons. The number of benzene rings is 1. The van der Waals surface area contributed by atoms with Crippen molar-refractivity contribution < 1.29 is 17.2 Å². The molecule has 20 heavy (non-hydrogen) atoms. The number of hydrogen-bond donors (Lipinski definition) is 2. The van der Waals surface area contributed by atoms with Crippen molar-refractivity contribution >= 4 is 22.4 Å². The van der Waals surface area contributed by atoms with E-state index in [1.54, 1.807) is 12.1 Å². The lowest BCUT2D eigenvalue weighted by molar-refractivity contribution is 0.0170. The largest absolute Gasteiger partial charge is 0.325 e. The lowest BCUT2D eigenvalue weighted by Gasteiger charge is -2.15. The maximum absolute atomic E-state index is 13.0. The molecule has 1 rings (SSSR count). The molecule has 4 nitrogen and oxygen atoms in total. The maximum atomic E-state index is 13.0. The fourth-order valence-corrected chi connectivity index (χ4v) is 2.51. The molecule has 0 saturated heterocycles. The molecule has 1 aromatic carbocycles. The highest BCUT2D eigenvalue weighted by atomic mass is 35.5. The first kappa shape index (κ1) is 19.2. The third-order valence-corrected chi connectivity index (χ3v) is 4.05. The van der Waals surface area contributed by atoms with Gasteiger partial charge < -0.3 is 5.73 Å². The highest BCUT2D eigenvalue weighted by Gasteiger charge is 2.29. The molecule has 0 fully saturated rings. The number of nitrogens with two attached hydrogens (primary N) is 1. The molecule has 1 aromatic rings. The van der Waals surface area contributed by atoms with E-state index in [-0.39, 0.29) is 23.2 Å². The Balaban J connectivity index is 0.00000361. The van der Waals surface area contributed by atoms with Gasteiger partial charge in [0.15, 0.2) is 0 Å². The van der Waals surface area contributed by atoms with Gasteiger partial charge in [-0.05, 0) is 23.6 Å². The smallest absolute Gasteiger partial charge is 0.273 e. The van der Waals surface area contributed by atoms with Gasteiger partial charge >= 0.3 is 0 Å². The van der Waals surface area contributed by atoms with Gasteiger partial charge in [-0.2, -0.15) is 0 Å². The van der Waals surface area contributed by atoms with E-state index in [0.717, 1.165) is 5.56 Å². The third kappa shape index (κ3) is 5.32. The molecule has 3 N–H and O–H groups in total. The van der Waals surface area contributed by atoms with Crippen LogP contribution in [0.5, 0.6) is 0 Å². The van der Waals surface area contributed by atoms with Crippen molar-refractivity contribution in [1.29, 1.82) is 0 Å². The highest BCUT2D eigenvalue weighted by Crippen LogP contribution is 2.19. The molecule has 0 heterocycles. The number of alkyl halides is 2. The topological polar surface area (TPSA) is 72.2 Å². The normalized spacial score (nSPS) is 12.3. The van der Waals surface area contributed by atoms with Crippen LogP contribution in [-0.4, -0.2) is 27.4 Å². The van der Waals surface area contributed by atoms with Crippen molar-refractivity contribution in [1.82, 2.24) is 4.72 Å². The standard InChI is InChI=1S/C12H18F2N2O2S.ClH/c1-9(2)10-4-3-5-11(6-10)19(17,18)16-8-12(13,14)7-15;/h3-6,9,16H,7-8,15H2,1-2H3;1H.